The Morgan fingerprint density at radius 1 is 1.09 bits per heavy atom. The molecule has 1 heterocycles. The van der Waals surface area contributed by atoms with E-state index in [9.17, 15) is 22.8 Å². The van der Waals surface area contributed by atoms with E-state index in [1.54, 1.807) is 0 Å². The third kappa shape index (κ3) is 2.95. The number of rotatable bonds is 2. The zero-order chi connectivity index (χ0) is 16.8. The number of carbonyl (C=O) groups excluding carboxylic acids is 2. The Morgan fingerprint density at radius 3 is 2.30 bits per heavy atom. The van der Waals surface area contributed by atoms with Gasteiger partial charge in [0.1, 0.15) is 5.75 Å². The van der Waals surface area contributed by atoms with Crippen LogP contribution in [0.15, 0.2) is 35.9 Å². The topological polar surface area (TPSA) is 46.6 Å². The van der Waals surface area contributed by atoms with Crippen LogP contribution in [0.4, 0.5) is 18.9 Å². The summed E-state index contributed by atoms with van der Waals surface area (Å²) < 4.78 is 40.3. The van der Waals surface area contributed by atoms with E-state index in [-0.39, 0.29) is 29.3 Å². The number of ether oxygens (including phenoxy) is 1. The second kappa shape index (κ2) is 5.40. The minimum absolute atomic E-state index is 0.265. The lowest BCUT2D eigenvalue weighted by Gasteiger charge is -2.18. The fraction of sp³-hybridized carbons (Fsp3) is 0.375. The van der Waals surface area contributed by atoms with E-state index >= 15 is 0 Å². The van der Waals surface area contributed by atoms with Gasteiger partial charge < -0.3 is 4.74 Å². The highest BCUT2D eigenvalue weighted by Gasteiger charge is 2.48. The van der Waals surface area contributed by atoms with Crippen LogP contribution < -0.4 is 9.64 Å². The number of hydrogen-bond donors (Lipinski definition) is 0. The summed E-state index contributed by atoms with van der Waals surface area (Å²) in [6, 6.07) is 4.76. The molecule has 7 heteroatoms. The van der Waals surface area contributed by atoms with E-state index in [0.29, 0.717) is 12.8 Å². The molecule has 1 saturated heterocycles. The van der Waals surface area contributed by atoms with E-state index < -0.39 is 12.1 Å². The van der Waals surface area contributed by atoms with Crippen LogP contribution in [0.1, 0.15) is 19.8 Å². The standard InChI is InChI=1S/C16H14F3NO3/c1-9-2-7-12-13(8-9)15(22)20(14(12)21)10-3-5-11(6-4-10)23-16(17,18)19/h2-6,12-13H,7-8H2,1H3. The quantitative estimate of drug-likeness (QED) is 0.618. The van der Waals surface area contributed by atoms with Gasteiger partial charge >= 0.3 is 6.36 Å². The molecule has 3 rings (SSSR count). The van der Waals surface area contributed by atoms with Crippen LogP contribution in [0.2, 0.25) is 0 Å². The maximum absolute atomic E-state index is 12.5. The number of carbonyl (C=O) groups is 2. The van der Waals surface area contributed by atoms with E-state index in [4.69, 9.17) is 0 Å². The summed E-state index contributed by atoms with van der Waals surface area (Å²) in [5.41, 5.74) is 1.34. The fourth-order valence-corrected chi connectivity index (χ4v) is 3.09. The van der Waals surface area contributed by atoms with Gasteiger partial charge in [0.05, 0.1) is 17.5 Å². The lowest BCUT2D eigenvalue weighted by molar-refractivity contribution is -0.274. The zero-order valence-electron chi connectivity index (χ0n) is 12.3. The summed E-state index contributed by atoms with van der Waals surface area (Å²) in [6.07, 6.45) is -1.76. The molecule has 0 saturated carbocycles. The lowest BCUT2D eigenvalue weighted by Crippen LogP contribution is -2.30. The molecule has 2 aliphatic rings. The van der Waals surface area contributed by atoms with E-state index in [1.807, 2.05) is 13.0 Å². The van der Waals surface area contributed by atoms with Crippen LogP contribution in [-0.4, -0.2) is 18.2 Å². The normalized spacial score (nSPS) is 24.5. The number of benzene rings is 1. The van der Waals surface area contributed by atoms with Gasteiger partial charge in [-0.05, 0) is 44.0 Å². The largest absolute Gasteiger partial charge is 0.573 e. The summed E-state index contributed by atoms with van der Waals surface area (Å²) in [4.78, 5) is 26.0. The Labute approximate surface area is 130 Å². The van der Waals surface area contributed by atoms with Crippen LogP contribution in [0.3, 0.4) is 0 Å². The van der Waals surface area contributed by atoms with E-state index in [2.05, 4.69) is 4.74 Å². The molecule has 1 aromatic rings. The van der Waals surface area contributed by atoms with Crippen molar-refractivity contribution in [1.82, 2.24) is 0 Å². The first-order chi connectivity index (χ1) is 10.8. The van der Waals surface area contributed by atoms with Crippen molar-refractivity contribution in [3.8, 4) is 5.75 Å². The third-order valence-corrected chi connectivity index (χ3v) is 4.15. The molecular formula is C16H14F3NO3. The molecule has 4 nitrogen and oxygen atoms in total. The first kappa shape index (κ1) is 15.6. The SMILES string of the molecule is CC1=CCC2C(=O)N(c3ccc(OC(F)(F)F)cc3)C(=O)C2C1. The zero-order valence-corrected chi connectivity index (χ0v) is 12.3. The second-order valence-electron chi connectivity index (χ2n) is 5.76. The first-order valence-electron chi connectivity index (χ1n) is 7.15. The second-order valence-corrected chi connectivity index (χ2v) is 5.76. The predicted molar refractivity (Wildman–Crippen MR) is 75.6 cm³/mol. The van der Waals surface area contributed by atoms with Gasteiger partial charge in [0, 0.05) is 0 Å². The first-order valence-corrected chi connectivity index (χ1v) is 7.15. The van der Waals surface area contributed by atoms with Crippen molar-refractivity contribution >= 4 is 17.5 Å². The maximum Gasteiger partial charge on any atom is 0.573 e. The van der Waals surface area contributed by atoms with Gasteiger partial charge in [0.15, 0.2) is 0 Å². The van der Waals surface area contributed by atoms with Gasteiger partial charge in [-0.1, -0.05) is 11.6 Å². The number of imide groups is 1. The van der Waals surface area contributed by atoms with Crippen molar-refractivity contribution in [3.63, 3.8) is 0 Å². The Hall–Kier alpha value is -2.31. The van der Waals surface area contributed by atoms with Gasteiger partial charge in [-0.25, -0.2) is 0 Å². The Morgan fingerprint density at radius 2 is 1.70 bits per heavy atom. The van der Waals surface area contributed by atoms with E-state index in [1.165, 1.54) is 12.1 Å². The Bertz CT molecular complexity index is 679. The van der Waals surface area contributed by atoms with Gasteiger partial charge in [-0.15, -0.1) is 13.2 Å². The van der Waals surface area contributed by atoms with Crippen molar-refractivity contribution in [2.24, 2.45) is 11.8 Å². The molecule has 0 spiro atoms. The molecule has 2 atom stereocenters. The Balaban J connectivity index is 1.82. The monoisotopic (exact) mass is 325 g/mol. The average molecular weight is 325 g/mol. The molecular weight excluding hydrogens is 311 g/mol. The molecule has 2 amide bonds. The van der Waals surface area contributed by atoms with Gasteiger partial charge in [-0.3, -0.25) is 14.5 Å². The summed E-state index contributed by atoms with van der Waals surface area (Å²) >= 11 is 0. The highest BCUT2D eigenvalue weighted by atomic mass is 19.4. The smallest absolute Gasteiger partial charge is 0.406 e. The molecule has 0 aromatic heterocycles. The molecule has 1 fully saturated rings. The minimum atomic E-state index is -4.78. The number of hydrogen-bond acceptors (Lipinski definition) is 3. The number of alkyl halides is 3. The highest BCUT2D eigenvalue weighted by Crippen LogP contribution is 2.40. The average Bonchev–Trinajstić information content (AvgIpc) is 2.70. The molecule has 23 heavy (non-hydrogen) atoms. The predicted octanol–water partition coefficient (Wildman–Crippen LogP) is 3.43. The van der Waals surface area contributed by atoms with Crippen molar-refractivity contribution in [3.05, 3.63) is 35.9 Å². The van der Waals surface area contributed by atoms with Gasteiger partial charge in [-0.2, -0.15) is 0 Å². The van der Waals surface area contributed by atoms with Crippen molar-refractivity contribution < 1.29 is 27.5 Å². The number of fused-ring (bicyclic) bond motifs is 1. The number of allylic oxidation sites excluding steroid dienone is 2. The van der Waals surface area contributed by atoms with Gasteiger partial charge in [0.25, 0.3) is 0 Å². The number of amides is 2. The van der Waals surface area contributed by atoms with Gasteiger partial charge in [0.2, 0.25) is 11.8 Å². The molecule has 1 aliphatic carbocycles. The molecule has 122 valence electrons. The Kier molecular flexibility index (Phi) is 3.66. The molecule has 2 unspecified atom stereocenters. The minimum Gasteiger partial charge on any atom is -0.406 e. The number of nitrogens with zero attached hydrogens (tertiary/aromatic N) is 1. The summed E-state index contributed by atoms with van der Waals surface area (Å²) in [5.74, 6) is -1.74. The molecule has 0 N–H and O–H groups in total. The summed E-state index contributed by atoms with van der Waals surface area (Å²) in [7, 11) is 0. The van der Waals surface area contributed by atoms with Crippen LogP contribution in [0.5, 0.6) is 5.75 Å². The lowest BCUT2D eigenvalue weighted by atomic mass is 9.82. The van der Waals surface area contributed by atoms with Crippen molar-refractivity contribution in [1.29, 1.82) is 0 Å². The van der Waals surface area contributed by atoms with Crippen LogP contribution in [0, 0.1) is 11.8 Å². The highest BCUT2D eigenvalue weighted by molar-refractivity contribution is 6.22. The number of anilines is 1. The van der Waals surface area contributed by atoms with Crippen LogP contribution in [0.25, 0.3) is 0 Å². The van der Waals surface area contributed by atoms with Crippen molar-refractivity contribution in [2.75, 3.05) is 4.90 Å². The van der Waals surface area contributed by atoms with Crippen molar-refractivity contribution in [2.45, 2.75) is 26.1 Å². The van der Waals surface area contributed by atoms with Crippen LogP contribution >= 0.6 is 0 Å². The fourth-order valence-electron chi connectivity index (χ4n) is 3.09. The van der Waals surface area contributed by atoms with E-state index in [0.717, 1.165) is 22.6 Å². The third-order valence-electron chi connectivity index (χ3n) is 4.15. The molecule has 0 bridgehead atoms. The van der Waals surface area contributed by atoms with Crippen LogP contribution in [-0.2, 0) is 9.59 Å². The number of halogens is 3. The molecule has 1 aliphatic heterocycles. The summed E-state index contributed by atoms with van der Waals surface area (Å²) in [5, 5.41) is 0. The molecule has 0 radical (unpaired) electrons. The molecule has 1 aromatic carbocycles. The summed E-state index contributed by atoms with van der Waals surface area (Å²) in [6.45, 7) is 1.92. The maximum atomic E-state index is 12.5.